The minimum absolute atomic E-state index is 0.699. The second-order valence-corrected chi connectivity index (χ2v) is 5.41. The fourth-order valence-electron chi connectivity index (χ4n) is 1.52. The summed E-state index contributed by atoms with van der Waals surface area (Å²) in [4.78, 5) is 10.0. The number of thiophene rings is 1. The second kappa shape index (κ2) is 5.58. The van der Waals surface area contributed by atoms with E-state index >= 15 is 0 Å². The first kappa shape index (κ1) is 12.5. The molecule has 0 spiro atoms. The Labute approximate surface area is 110 Å². The van der Waals surface area contributed by atoms with Crippen LogP contribution in [-0.2, 0) is 6.54 Å². The van der Waals surface area contributed by atoms with Crippen molar-refractivity contribution >= 4 is 22.9 Å². The molecule has 0 saturated heterocycles. The van der Waals surface area contributed by atoms with Crippen molar-refractivity contribution in [2.24, 2.45) is 0 Å². The normalized spacial score (nSPS) is 10.8. The highest BCUT2D eigenvalue weighted by atomic mass is 35.5. The topological polar surface area (TPSA) is 37.8 Å². The van der Waals surface area contributed by atoms with E-state index in [2.05, 4.69) is 22.2 Å². The van der Waals surface area contributed by atoms with E-state index in [4.69, 9.17) is 11.6 Å². The second-order valence-electron chi connectivity index (χ2n) is 3.69. The molecule has 5 heteroatoms. The molecule has 0 radical (unpaired) electrons. The maximum atomic E-state index is 5.94. The van der Waals surface area contributed by atoms with Crippen LogP contribution >= 0.6 is 22.9 Å². The molecule has 0 aliphatic rings. The van der Waals surface area contributed by atoms with Gasteiger partial charge in [0.05, 0.1) is 21.5 Å². The van der Waals surface area contributed by atoms with Crippen LogP contribution in [-0.4, -0.2) is 16.5 Å². The third-order valence-corrected chi connectivity index (χ3v) is 3.51. The lowest BCUT2D eigenvalue weighted by Gasteiger charge is -2.04. The van der Waals surface area contributed by atoms with Gasteiger partial charge in [-0.15, -0.1) is 11.3 Å². The number of aromatic nitrogens is 2. The Hall–Kier alpha value is -0.970. The first-order valence-corrected chi connectivity index (χ1v) is 6.69. The molecule has 2 aromatic rings. The summed E-state index contributed by atoms with van der Waals surface area (Å²) >= 11 is 7.47. The van der Waals surface area contributed by atoms with E-state index < -0.39 is 0 Å². The molecule has 0 aliphatic carbocycles. The van der Waals surface area contributed by atoms with Crippen molar-refractivity contribution in [3.8, 4) is 10.6 Å². The van der Waals surface area contributed by atoms with Crippen LogP contribution in [0.2, 0.25) is 4.34 Å². The molecule has 0 aromatic carbocycles. The third kappa shape index (κ3) is 3.25. The number of halogens is 1. The van der Waals surface area contributed by atoms with E-state index in [-0.39, 0.29) is 0 Å². The van der Waals surface area contributed by atoms with E-state index in [0.29, 0.717) is 6.54 Å². The number of hydrogen-bond donors (Lipinski definition) is 1. The van der Waals surface area contributed by atoms with E-state index in [0.717, 1.165) is 33.0 Å². The number of hydrogen-bond acceptors (Lipinski definition) is 4. The van der Waals surface area contributed by atoms with Gasteiger partial charge in [-0.1, -0.05) is 18.5 Å². The van der Waals surface area contributed by atoms with Gasteiger partial charge in [0, 0.05) is 5.69 Å². The Morgan fingerprint density at radius 3 is 2.82 bits per heavy atom. The van der Waals surface area contributed by atoms with Gasteiger partial charge < -0.3 is 5.32 Å². The van der Waals surface area contributed by atoms with Gasteiger partial charge in [0.1, 0.15) is 5.82 Å². The molecular formula is C12H14ClN3S. The average Bonchev–Trinajstić information content (AvgIpc) is 2.72. The molecule has 2 heterocycles. The highest BCUT2D eigenvalue weighted by Gasteiger charge is 2.06. The summed E-state index contributed by atoms with van der Waals surface area (Å²) in [6, 6.07) is 5.87. The Balaban J connectivity index is 2.31. The lowest BCUT2D eigenvalue weighted by Crippen LogP contribution is -2.14. The number of aryl methyl sites for hydroxylation is 1. The molecule has 0 unspecified atom stereocenters. The first-order chi connectivity index (χ1) is 8.19. The van der Waals surface area contributed by atoms with Crippen LogP contribution in [0.15, 0.2) is 18.2 Å². The van der Waals surface area contributed by atoms with Gasteiger partial charge in [-0.25, -0.2) is 9.97 Å². The summed E-state index contributed by atoms with van der Waals surface area (Å²) in [7, 11) is 0. The van der Waals surface area contributed by atoms with Crippen LogP contribution in [0.3, 0.4) is 0 Å². The quantitative estimate of drug-likeness (QED) is 0.924. The van der Waals surface area contributed by atoms with Gasteiger partial charge in [0.2, 0.25) is 0 Å². The van der Waals surface area contributed by atoms with Crippen LogP contribution in [0.1, 0.15) is 18.4 Å². The summed E-state index contributed by atoms with van der Waals surface area (Å²) in [6.45, 7) is 5.66. The minimum Gasteiger partial charge on any atom is -0.310 e. The maximum Gasteiger partial charge on any atom is 0.143 e. The van der Waals surface area contributed by atoms with Gasteiger partial charge in [-0.2, -0.15) is 0 Å². The molecule has 17 heavy (non-hydrogen) atoms. The Morgan fingerprint density at radius 1 is 1.35 bits per heavy atom. The molecular weight excluding hydrogens is 254 g/mol. The van der Waals surface area contributed by atoms with Crippen molar-refractivity contribution in [2.45, 2.75) is 20.4 Å². The smallest absolute Gasteiger partial charge is 0.143 e. The van der Waals surface area contributed by atoms with Crippen LogP contribution in [0.25, 0.3) is 10.6 Å². The fourth-order valence-corrected chi connectivity index (χ4v) is 2.53. The van der Waals surface area contributed by atoms with Crippen molar-refractivity contribution < 1.29 is 0 Å². The zero-order valence-electron chi connectivity index (χ0n) is 9.83. The monoisotopic (exact) mass is 267 g/mol. The summed E-state index contributed by atoms with van der Waals surface area (Å²) in [5.74, 6) is 0.825. The minimum atomic E-state index is 0.699. The molecule has 2 aromatic heterocycles. The van der Waals surface area contributed by atoms with Crippen molar-refractivity contribution in [3.63, 3.8) is 0 Å². The predicted octanol–water partition coefficient (Wildman–Crippen LogP) is 3.28. The van der Waals surface area contributed by atoms with Gasteiger partial charge >= 0.3 is 0 Å². The summed E-state index contributed by atoms with van der Waals surface area (Å²) in [5, 5.41) is 3.23. The van der Waals surface area contributed by atoms with E-state index in [1.54, 1.807) is 0 Å². The summed E-state index contributed by atoms with van der Waals surface area (Å²) < 4.78 is 0.782. The predicted molar refractivity (Wildman–Crippen MR) is 72.5 cm³/mol. The molecule has 1 N–H and O–H groups in total. The van der Waals surface area contributed by atoms with Crippen molar-refractivity contribution in [3.05, 3.63) is 34.1 Å². The molecule has 0 saturated carbocycles. The van der Waals surface area contributed by atoms with Crippen LogP contribution in [0, 0.1) is 6.92 Å². The standard InChI is InChI=1S/C12H14ClN3S/c1-3-14-7-12-15-8(2)6-9(16-12)10-4-5-11(13)17-10/h4-6,14H,3,7H2,1-2H3. The van der Waals surface area contributed by atoms with Crippen molar-refractivity contribution in [2.75, 3.05) is 6.54 Å². The lowest BCUT2D eigenvalue weighted by atomic mass is 10.3. The Bertz CT molecular complexity index is 510. The zero-order valence-corrected chi connectivity index (χ0v) is 11.4. The van der Waals surface area contributed by atoms with E-state index in [1.807, 2.05) is 25.1 Å². The maximum absolute atomic E-state index is 5.94. The number of nitrogens with zero attached hydrogens (tertiary/aromatic N) is 2. The molecule has 3 nitrogen and oxygen atoms in total. The van der Waals surface area contributed by atoms with Crippen LogP contribution in [0.5, 0.6) is 0 Å². The van der Waals surface area contributed by atoms with Crippen LogP contribution < -0.4 is 5.32 Å². The van der Waals surface area contributed by atoms with E-state index in [9.17, 15) is 0 Å². The molecule has 0 aliphatic heterocycles. The van der Waals surface area contributed by atoms with Gasteiger partial charge in [0.15, 0.2) is 0 Å². The fraction of sp³-hybridized carbons (Fsp3) is 0.333. The molecule has 0 fully saturated rings. The molecule has 2 rings (SSSR count). The number of rotatable bonds is 4. The van der Waals surface area contributed by atoms with Gasteiger partial charge in [-0.3, -0.25) is 0 Å². The van der Waals surface area contributed by atoms with Crippen molar-refractivity contribution in [1.29, 1.82) is 0 Å². The van der Waals surface area contributed by atoms with Crippen molar-refractivity contribution in [1.82, 2.24) is 15.3 Å². The highest BCUT2D eigenvalue weighted by molar-refractivity contribution is 7.19. The van der Waals surface area contributed by atoms with E-state index in [1.165, 1.54) is 11.3 Å². The summed E-state index contributed by atoms with van der Waals surface area (Å²) in [6.07, 6.45) is 0. The zero-order chi connectivity index (χ0) is 12.3. The largest absolute Gasteiger partial charge is 0.310 e. The molecule has 0 amide bonds. The molecule has 0 atom stereocenters. The van der Waals surface area contributed by atoms with Gasteiger partial charge in [-0.05, 0) is 31.7 Å². The Kier molecular flexibility index (Phi) is 4.10. The highest BCUT2D eigenvalue weighted by Crippen LogP contribution is 2.29. The molecule has 90 valence electrons. The summed E-state index contributed by atoms with van der Waals surface area (Å²) in [5.41, 5.74) is 1.93. The third-order valence-electron chi connectivity index (χ3n) is 2.26. The van der Waals surface area contributed by atoms with Gasteiger partial charge in [0.25, 0.3) is 0 Å². The average molecular weight is 268 g/mol. The first-order valence-electron chi connectivity index (χ1n) is 5.50. The molecule has 0 bridgehead atoms. The SMILES string of the molecule is CCNCc1nc(C)cc(-c2ccc(Cl)s2)n1. The number of nitrogens with one attached hydrogen (secondary N) is 1. The Morgan fingerprint density at radius 2 is 2.18 bits per heavy atom. The lowest BCUT2D eigenvalue weighted by molar-refractivity contribution is 0.688. The van der Waals surface area contributed by atoms with Crippen LogP contribution in [0.4, 0.5) is 0 Å².